The number of aliphatic hydroxyl groups is 3. The number of hydrogen-bond donors (Lipinski definition) is 3. The highest BCUT2D eigenvalue weighted by molar-refractivity contribution is 5.35. The van der Waals surface area contributed by atoms with Crippen LogP contribution < -0.4 is 0 Å². The first-order valence-corrected chi connectivity index (χ1v) is 14.1. The van der Waals surface area contributed by atoms with E-state index in [1.54, 1.807) is 0 Å². The van der Waals surface area contributed by atoms with Crippen LogP contribution in [0.2, 0.25) is 0 Å². The van der Waals surface area contributed by atoms with Gasteiger partial charge >= 0.3 is 0 Å². The zero-order chi connectivity index (χ0) is 24.6. The summed E-state index contributed by atoms with van der Waals surface area (Å²) in [4.78, 5) is 0. The zero-order valence-electron chi connectivity index (χ0n) is 22.4. The van der Waals surface area contributed by atoms with E-state index in [-0.39, 0.29) is 45.4 Å². The van der Waals surface area contributed by atoms with Crippen molar-refractivity contribution in [3.63, 3.8) is 0 Å². The maximum Gasteiger partial charge on any atom is 0.0957 e. The molecule has 192 valence electrons. The van der Waals surface area contributed by atoms with E-state index in [2.05, 4.69) is 53.7 Å². The SMILES string of the molecule is CC1(C)CC[C@]23COC4(C=C[C@@H]5[C@@]6(C)CC[C@H](O)[C@@](C)(CO)[C@@H]6CC[C@@]5(C)[C@]4(C)C[C@H]2O)[C@@H]3C1. The van der Waals surface area contributed by atoms with Crippen molar-refractivity contribution in [1.29, 1.82) is 0 Å². The summed E-state index contributed by atoms with van der Waals surface area (Å²) in [5.74, 6) is 1.01. The van der Waals surface area contributed by atoms with E-state index >= 15 is 0 Å². The maximum atomic E-state index is 11.8. The van der Waals surface area contributed by atoms with Crippen LogP contribution in [0.1, 0.15) is 92.9 Å². The van der Waals surface area contributed by atoms with Crippen LogP contribution in [0.4, 0.5) is 0 Å². The summed E-state index contributed by atoms with van der Waals surface area (Å²) in [5, 5.41) is 33.2. The molecule has 0 aromatic rings. The first kappa shape index (κ1) is 23.9. The highest BCUT2D eigenvalue weighted by atomic mass is 16.5. The second-order valence-electron chi connectivity index (χ2n) is 15.4. The fraction of sp³-hybridized carbons (Fsp3) is 0.933. The molecule has 6 rings (SSSR count). The van der Waals surface area contributed by atoms with Crippen molar-refractivity contribution in [3.05, 3.63) is 12.2 Å². The van der Waals surface area contributed by atoms with Crippen molar-refractivity contribution in [2.24, 2.45) is 50.2 Å². The van der Waals surface area contributed by atoms with Crippen LogP contribution in [0.3, 0.4) is 0 Å². The first-order chi connectivity index (χ1) is 15.7. The molecule has 1 unspecified atom stereocenters. The lowest BCUT2D eigenvalue weighted by Crippen LogP contribution is -2.72. The Morgan fingerprint density at radius 2 is 1.59 bits per heavy atom. The molecule has 5 fully saturated rings. The molecule has 4 heteroatoms. The van der Waals surface area contributed by atoms with E-state index in [4.69, 9.17) is 4.74 Å². The van der Waals surface area contributed by atoms with Crippen LogP contribution in [-0.2, 0) is 4.74 Å². The number of hydrogen-bond acceptors (Lipinski definition) is 4. The van der Waals surface area contributed by atoms with Gasteiger partial charge in [-0.1, -0.05) is 53.7 Å². The minimum Gasteiger partial charge on any atom is -0.396 e. The highest BCUT2D eigenvalue weighted by Gasteiger charge is 2.78. The van der Waals surface area contributed by atoms with Gasteiger partial charge in [0.2, 0.25) is 0 Å². The largest absolute Gasteiger partial charge is 0.396 e. The normalized spacial score (nSPS) is 61.7. The molecule has 4 nitrogen and oxygen atoms in total. The molecule has 1 spiro atoms. The molecule has 2 bridgehead atoms. The molecule has 3 N–H and O–H groups in total. The van der Waals surface area contributed by atoms with Crippen molar-refractivity contribution >= 4 is 0 Å². The molecule has 0 aromatic carbocycles. The van der Waals surface area contributed by atoms with Gasteiger partial charge in [0.15, 0.2) is 0 Å². The lowest BCUT2D eigenvalue weighted by molar-refractivity contribution is -0.259. The van der Waals surface area contributed by atoms with Crippen molar-refractivity contribution < 1.29 is 20.1 Å². The molecule has 5 aliphatic carbocycles. The minimum absolute atomic E-state index is 0.00469. The molecule has 0 aromatic heterocycles. The average molecular weight is 473 g/mol. The number of allylic oxidation sites excluding steroid dienone is 1. The Bertz CT molecular complexity index is 913. The van der Waals surface area contributed by atoms with Crippen molar-refractivity contribution in [2.75, 3.05) is 13.2 Å². The van der Waals surface area contributed by atoms with Crippen LogP contribution >= 0.6 is 0 Å². The van der Waals surface area contributed by atoms with Gasteiger partial charge in [0, 0.05) is 22.2 Å². The molecule has 1 saturated heterocycles. The second kappa shape index (κ2) is 6.71. The van der Waals surface area contributed by atoms with E-state index in [1.165, 1.54) is 6.42 Å². The molecule has 0 amide bonds. The van der Waals surface area contributed by atoms with Crippen molar-refractivity contribution in [2.45, 2.75) is 111 Å². The Hall–Kier alpha value is -0.420. The minimum atomic E-state index is -0.448. The van der Waals surface area contributed by atoms with Crippen LogP contribution in [0.25, 0.3) is 0 Å². The van der Waals surface area contributed by atoms with Crippen molar-refractivity contribution in [1.82, 2.24) is 0 Å². The Labute approximate surface area is 206 Å². The van der Waals surface area contributed by atoms with Gasteiger partial charge in [0.1, 0.15) is 0 Å². The van der Waals surface area contributed by atoms with Crippen LogP contribution in [0.15, 0.2) is 12.2 Å². The Morgan fingerprint density at radius 3 is 2.29 bits per heavy atom. The van der Waals surface area contributed by atoms with Gasteiger partial charge in [-0.2, -0.15) is 0 Å². The number of rotatable bonds is 1. The quantitative estimate of drug-likeness (QED) is 0.464. The molecule has 6 aliphatic rings. The predicted octanol–water partition coefficient (Wildman–Crippen LogP) is 5.10. The number of fused-ring (bicyclic) bond motifs is 4. The summed E-state index contributed by atoms with van der Waals surface area (Å²) in [6.07, 6.45) is 12.3. The van der Waals surface area contributed by atoms with Gasteiger partial charge in [-0.3, -0.25) is 0 Å². The highest BCUT2D eigenvalue weighted by Crippen LogP contribution is 2.79. The van der Waals surface area contributed by atoms with Crippen LogP contribution in [-0.4, -0.2) is 46.3 Å². The summed E-state index contributed by atoms with van der Waals surface area (Å²) in [5.41, 5.74) is -0.668. The summed E-state index contributed by atoms with van der Waals surface area (Å²) in [7, 11) is 0. The third-order valence-corrected chi connectivity index (χ3v) is 13.7. The lowest BCUT2D eigenvalue weighted by atomic mass is 9.32. The van der Waals surface area contributed by atoms with Gasteiger partial charge in [-0.15, -0.1) is 0 Å². The number of ether oxygens (including phenoxy) is 1. The molecule has 0 radical (unpaired) electrons. The van der Waals surface area contributed by atoms with E-state index in [9.17, 15) is 15.3 Å². The monoisotopic (exact) mass is 472 g/mol. The fourth-order valence-corrected chi connectivity index (χ4v) is 11.3. The Morgan fingerprint density at radius 1 is 0.853 bits per heavy atom. The summed E-state index contributed by atoms with van der Waals surface area (Å²) in [6, 6.07) is 0. The van der Waals surface area contributed by atoms with Gasteiger partial charge in [-0.25, -0.2) is 0 Å². The Balaban J connectivity index is 1.49. The van der Waals surface area contributed by atoms with E-state index in [0.29, 0.717) is 24.4 Å². The predicted molar refractivity (Wildman–Crippen MR) is 133 cm³/mol. The fourth-order valence-electron chi connectivity index (χ4n) is 11.3. The van der Waals surface area contributed by atoms with Crippen LogP contribution in [0, 0.1) is 50.2 Å². The molecular weight excluding hydrogens is 424 g/mol. The lowest BCUT2D eigenvalue weighted by Gasteiger charge is -2.73. The maximum absolute atomic E-state index is 11.8. The molecule has 4 saturated carbocycles. The molecule has 1 aliphatic heterocycles. The van der Waals surface area contributed by atoms with E-state index in [1.807, 2.05) is 0 Å². The topological polar surface area (TPSA) is 69.9 Å². The smallest absolute Gasteiger partial charge is 0.0957 e. The van der Waals surface area contributed by atoms with Crippen molar-refractivity contribution in [3.8, 4) is 0 Å². The molecule has 34 heavy (non-hydrogen) atoms. The third kappa shape index (κ3) is 2.42. The summed E-state index contributed by atoms with van der Waals surface area (Å²) < 4.78 is 7.01. The van der Waals surface area contributed by atoms with Gasteiger partial charge in [0.05, 0.1) is 31.0 Å². The third-order valence-electron chi connectivity index (χ3n) is 13.7. The molecule has 11 atom stereocenters. The molecule has 1 heterocycles. The summed E-state index contributed by atoms with van der Waals surface area (Å²) in [6.45, 7) is 15.1. The Kier molecular flexibility index (Phi) is 4.73. The average Bonchev–Trinajstić information content (AvgIpc) is 3.04. The zero-order valence-corrected chi connectivity index (χ0v) is 22.4. The molecular formula is C30H48O4. The summed E-state index contributed by atoms with van der Waals surface area (Å²) >= 11 is 0. The van der Waals surface area contributed by atoms with Gasteiger partial charge < -0.3 is 20.1 Å². The van der Waals surface area contributed by atoms with E-state index < -0.39 is 11.5 Å². The number of aliphatic hydroxyl groups excluding tert-OH is 3. The van der Waals surface area contributed by atoms with E-state index in [0.717, 1.165) is 44.9 Å². The van der Waals surface area contributed by atoms with Crippen LogP contribution in [0.5, 0.6) is 0 Å². The van der Waals surface area contributed by atoms with Gasteiger partial charge in [-0.05, 0) is 79.4 Å². The second-order valence-corrected chi connectivity index (χ2v) is 15.4. The standard InChI is InChI=1S/C30H48O4/c1-24(2)13-14-29-18-34-30(21(29)15-24)12-8-20-25(3)10-9-22(32)26(4,17-31)19(25)7-11-27(20,5)28(30,6)16-23(29)33/h8,12,19-23,31-33H,7,9-11,13-18H2,1-6H3/t19-,20-,21-,22+,23-,25+,26+,27-,28+,29-,30?/m1/s1. The van der Waals surface area contributed by atoms with Gasteiger partial charge in [0.25, 0.3) is 0 Å². The first-order valence-electron chi connectivity index (χ1n) is 14.1.